The Morgan fingerprint density at radius 3 is 2.35 bits per heavy atom. The molecule has 3 rings (SSSR count). The average Bonchev–Trinajstić information content (AvgIpc) is 2.58. The van der Waals surface area contributed by atoms with Gasteiger partial charge in [0.25, 0.3) is 0 Å². The number of halogens is 2. The number of ether oxygens (including phenoxy) is 2. The van der Waals surface area contributed by atoms with Crippen LogP contribution >= 0.6 is 0 Å². The zero-order valence-electron chi connectivity index (χ0n) is 12.6. The van der Waals surface area contributed by atoms with Crippen LogP contribution in [0.3, 0.4) is 0 Å². The first kappa shape index (κ1) is 15.0. The van der Waals surface area contributed by atoms with Crippen molar-refractivity contribution in [1.82, 2.24) is 4.98 Å². The fraction of sp³-hybridized carbons (Fsp3) is 0.118. The first-order chi connectivity index (χ1) is 11.1. The van der Waals surface area contributed by atoms with Gasteiger partial charge in [0, 0.05) is 11.5 Å². The van der Waals surface area contributed by atoms with Crippen molar-refractivity contribution in [3.63, 3.8) is 0 Å². The van der Waals surface area contributed by atoms with Crippen molar-refractivity contribution in [2.75, 3.05) is 19.5 Å². The molecule has 6 heteroatoms. The predicted molar refractivity (Wildman–Crippen MR) is 84.5 cm³/mol. The lowest BCUT2D eigenvalue weighted by atomic mass is 10.1. The van der Waals surface area contributed by atoms with E-state index in [0.717, 1.165) is 6.20 Å². The number of hydrogen-bond acceptors (Lipinski definition) is 4. The van der Waals surface area contributed by atoms with Crippen molar-refractivity contribution in [3.8, 4) is 11.5 Å². The zero-order chi connectivity index (χ0) is 16.4. The van der Waals surface area contributed by atoms with Crippen LogP contribution in [0.25, 0.3) is 10.9 Å². The molecule has 0 spiro atoms. The second-order valence-electron chi connectivity index (χ2n) is 4.81. The van der Waals surface area contributed by atoms with Crippen LogP contribution < -0.4 is 14.8 Å². The van der Waals surface area contributed by atoms with E-state index in [0.29, 0.717) is 22.4 Å². The Kier molecular flexibility index (Phi) is 3.97. The summed E-state index contributed by atoms with van der Waals surface area (Å²) in [6.45, 7) is 0. The standard InChI is InChI=1S/C17H14F2N2O2/c1-22-15-7-10-14(8-16(15)23-2)20-9-12(19)17(10)21-13-6-4-3-5-11(13)18/h3-9H,1-2H3,(H,20,21). The lowest BCUT2D eigenvalue weighted by molar-refractivity contribution is 0.356. The van der Waals surface area contributed by atoms with Crippen molar-refractivity contribution in [2.24, 2.45) is 0 Å². The molecule has 0 aliphatic heterocycles. The summed E-state index contributed by atoms with van der Waals surface area (Å²) in [6, 6.07) is 9.30. The molecule has 0 amide bonds. The molecule has 4 nitrogen and oxygen atoms in total. The highest BCUT2D eigenvalue weighted by Gasteiger charge is 2.15. The predicted octanol–water partition coefficient (Wildman–Crippen LogP) is 4.27. The number of anilines is 2. The second kappa shape index (κ2) is 6.08. The third-order valence-corrected chi connectivity index (χ3v) is 3.46. The molecule has 0 aliphatic rings. The number of fused-ring (bicyclic) bond motifs is 1. The molecular formula is C17H14F2N2O2. The number of benzene rings is 2. The number of aromatic nitrogens is 1. The Balaban J connectivity index is 2.19. The molecule has 1 aromatic heterocycles. The van der Waals surface area contributed by atoms with E-state index in [9.17, 15) is 8.78 Å². The normalized spacial score (nSPS) is 10.6. The van der Waals surface area contributed by atoms with Gasteiger partial charge in [-0.25, -0.2) is 8.78 Å². The van der Waals surface area contributed by atoms with E-state index >= 15 is 0 Å². The minimum atomic E-state index is -0.590. The molecule has 0 radical (unpaired) electrons. The highest BCUT2D eigenvalue weighted by molar-refractivity contribution is 5.95. The van der Waals surface area contributed by atoms with Gasteiger partial charge in [-0.1, -0.05) is 12.1 Å². The molecule has 0 saturated heterocycles. The summed E-state index contributed by atoms with van der Waals surface area (Å²) in [4.78, 5) is 4.05. The van der Waals surface area contributed by atoms with Crippen LogP contribution in [0.15, 0.2) is 42.6 Å². The van der Waals surface area contributed by atoms with Gasteiger partial charge < -0.3 is 14.8 Å². The lowest BCUT2D eigenvalue weighted by Crippen LogP contribution is -2.00. The van der Waals surface area contributed by atoms with Crippen LogP contribution in [0.1, 0.15) is 0 Å². The number of methoxy groups -OCH3 is 2. The van der Waals surface area contributed by atoms with E-state index in [-0.39, 0.29) is 11.4 Å². The number of nitrogens with zero attached hydrogens (tertiary/aromatic N) is 1. The Morgan fingerprint density at radius 1 is 0.957 bits per heavy atom. The first-order valence-electron chi connectivity index (χ1n) is 6.86. The summed E-state index contributed by atoms with van der Waals surface area (Å²) in [5.74, 6) is -0.148. The van der Waals surface area contributed by atoms with Crippen LogP contribution in [-0.4, -0.2) is 19.2 Å². The maximum absolute atomic E-state index is 14.2. The molecule has 0 bridgehead atoms. The molecule has 0 atom stereocenters. The van der Waals surface area contributed by atoms with E-state index in [2.05, 4.69) is 10.3 Å². The van der Waals surface area contributed by atoms with E-state index < -0.39 is 11.6 Å². The largest absolute Gasteiger partial charge is 0.493 e. The van der Waals surface area contributed by atoms with Crippen molar-refractivity contribution in [1.29, 1.82) is 0 Å². The molecule has 1 N–H and O–H groups in total. The smallest absolute Gasteiger partial charge is 0.165 e. The van der Waals surface area contributed by atoms with Gasteiger partial charge in [0.15, 0.2) is 17.3 Å². The van der Waals surface area contributed by atoms with Gasteiger partial charge in [0.2, 0.25) is 0 Å². The summed E-state index contributed by atoms with van der Waals surface area (Å²) in [5, 5.41) is 3.25. The lowest BCUT2D eigenvalue weighted by Gasteiger charge is -2.14. The third kappa shape index (κ3) is 2.75. The average molecular weight is 316 g/mol. The van der Waals surface area contributed by atoms with E-state index in [1.165, 1.54) is 26.4 Å². The van der Waals surface area contributed by atoms with Gasteiger partial charge in [-0.2, -0.15) is 0 Å². The van der Waals surface area contributed by atoms with Crippen molar-refractivity contribution >= 4 is 22.3 Å². The molecule has 23 heavy (non-hydrogen) atoms. The zero-order valence-corrected chi connectivity index (χ0v) is 12.6. The summed E-state index contributed by atoms with van der Waals surface area (Å²) >= 11 is 0. The first-order valence-corrected chi connectivity index (χ1v) is 6.86. The topological polar surface area (TPSA) is 43.4 Å². The van der Waals surface area contributed by atoms with Crippen molar-refractivity contribution in [2.45, 2.75) is 0 Å². The molecule has 0 aliphatic carbocycles. The van der Waals surface area contributed by atoms with Crippen LogP contribution in [0, 0.1) is 11.6 Å². The van der Waals surface area contributed by atoms with Gasteiger partial charge in [0.05, 0.1) is 37.3 Å². The number of nitrogens with one attached hydrogen (secondary N) is 1. The van der Waals surface area contributed by atoms with Crippen LogP contribution in [0.2, 0.25) is 0 Å². The second-order valence-corrected chi connectivity index (χ2v) is 4.81. The summed E-state index contributed by atoms with van der Waals surface area (Å²) in [7, 11) is 2.99. The van der Waals surface area contributed by atoms with Crippen molar-refractivity contribution < 1.29 is 18.3 Å². The van der Waals surface area contributed by atoms with Gasteiger partial charge in [-0.05, 0) is 18.2 Å². The molecule has 0 unspecified atom stereocenters. The highest BCUT2D eigenvalue weighted by atomic mass is 19.1. The molecule has 2 aromatic carbocycles. The minimum Gasteiger partial charge on any atom is -0.493 e. The van der Waals surface area contributed by atoms with E-state index in [4.69, 9.17) is 9.47 Å². The van der Waals surface area contributed by atoms with Gasteiger partial charge >= 0.3 is 0 Å². The number of pyridine rings is 1. The van der Waals surface area contributed by atoms with Crippen LogP contribution in [0.4, 0.5) is 20.2 Å². The van der Waals surface area contributed by atoms with E-state index in [1.807, 2.05) is 0 Å². The Bertz CT molecular complexity index is 869. The highest BCUT2D eigenvalue weighted by Crippen LogP contribution is 2.36. The summed E-state index contributed by atoms with van der Waals surface area (Å²) in [6.07, 6.45) is 1.08. The molecule has 0 fully saturated rings. The molecule has 3 aromatic rings. The fourth-order valence-electron chi connectivity index (χ4n) is 2.32. The number of para-hydroxylation sites is 1. The van der Waals surface area contributed by atoms with Crippen LogP contribution in [0.5, 0.6) is 11.5 Å². The Morgan fingerprint density at radius 2 is 1.65 bits per heavy atom. The molecule has 118 valence electrons. The molecule has 0 saturated carbocycles. The fourth-order valence-corrected chi connectivity index (χ4v) is 2.32. The summed E-state index contributed by atoms with van der Waals surface area (Å²) in [5.41, 5.74) is 0.803. The third-order valence-electron chi connectivity index (χ3n) is 3.46. The monoisotopic (exact) mass is 316 g/mol. The van der Waals surface area contributed by atoms with Gasteiger partial charge in [-0.3, -0.25) is 4.98 Å². The van der Waals surface area contributed by atoms with Crippen LogP contribution in [-0.2, 0) is 0 Å². The molecular weight excluding hydrogens is 302 g/mol. The Hall–Kier alpha value is -2.89. The Labute approximate surface area is 131 Å². The SMILES string of the molecule is COc1cc2ncc(F)c(Nc3ccccc3F)c2cc1OC. The number of hydrogen-bond donors (Lipinski definition) is 1. The molecule has 1 heterocycles. The van der Waals surface area contributed by atoms with Gasteiger partial charge in [0.1, 0.15) is 5.82 Å². The maximum atomic E-state index is 14.2. The van der Waals surface area contributed by atoms with Crippen molar-refractivity contribution in [3.05, 3.63) is 54.2 Å². The van der Waals surface area contributed by atoms with Gasteiger partial charge in [-0.15, -0.1) is 0 Å². The quantitative estimate of drug-likeness (QED) is 0.780. The van der Waals surface area contributed by atoms with E-state index in [1.54, 1.807) is 24.3 Å². The number of rotatable bonds is 4. The minimum absolute atomic E-state index is 0.126. The summed E-state index contributed by atoms with van der Waals surface area (Å²) < 4.78 is 38.5. The maximum Gasteiger partial charge on any atom is 0.165 e.